The predicted octanol–water partition coefficient (Wildman–Crippen LogP) is 3.04. The summed E-state index contributed by atoms with van der Waals surface area (Å²) in [5.74, 6) is 0.0706. The quantitative estimate of drug-likeness (QED) is 0.918. The number of carbonyl (C=O) groups is 1. The third-order valence-corrected chi connectivity index (χ3v) is 6.00. The van der Waals surface area contributed by atoms with Crippen LogP contribution in [-0.4, -0.2) is 49.6 Å². The molecule has 1 aromatic heterocycles. The second-order valence-corrected chi connectivity index (χ2v) is 7.58. The van der Waals surface area contributed by atoms with Crippen LogP contribution in [0.1, 0.15) is 37.5 Å². The van der Waals surface area contributed by atoms with Gasteiger partial charge >= 0.3 is 6.03 Å². The van der Waals surface area contributed by atoms with Crippen LogP contribution in [-0.2, 0) is 9.47 Å². The molecule has 0 spiro atoms. The van der Waals surface area contributed by atoms with E-state index in [9.17, 15) is 4.79 Å². The number of piperidine rings is 1. The van der Waals surface area contributed by atoms with Crippen LogP contribution < -0.4 is 5.32 Å². The van der Waals surface area contributed by atoms with E-state index >= 15 is 0 Å². The maximum atomic E-state index is 12.5. The van der Waals surface area contributed by atoms with Gasteiger partial charge < -0.3 is 19.7 Å². The highest BCUT2D eigenvalue weighted by Gasteiger charge is 2.42. The number of rotatable bonds is 4. The molecule has 5 nitrogen and oxygen atoms in total. The number of thiophene rings is 1. The third-order valence-electron chi connectivity index (χ3n) is 4.90. The molecule has 3 heterocycles. The van der Waals surface area contributed by atoms with Crippen molar-refractivity contribution in [2.24, 2.45) is 5.92 Å². The molecule has 3 rings (SSSR count). The lowest BCUT2D eigenvalue weighted by atomic mass is 9.90. The highest BCUT2D eigenvalue weighted by Crippen LogP contribution is 2.34. The molecule has 2 atom stereocenters. The number of likely N-dealkylation sites (tertiary alicyclic amines) is 1. The molecular formula is C17H26N2O3S. The zero-order chi connectivity index (χ0) is 16.3. The molecule has 1 aromatic rings. The number of amides is 2. The number of nitrogens with zero attached hydrogens (tertiary/aromatic N) is 1. The number of carbonyl (C=O) groups excluding carboxylic acids is 1. The average molecular weight is 338 g/mol. The summed E-state index contributed by atoms with van der Waals surface area (Å²) in [6, 6.07) is 4.20. The first-order valence-electron chi connectivity index (χ1n) is 8.42. The lowest BCUT2D eigenvalue weighted by molar-refractivity contribution is -0.189. The van der Waals surface area contributed by atoms with Crippen molar-refractivity contribution in [3.05, 3.63) is 22.4 Å². The minimum Gasteiger partial charge on any atom is -0.347 e. The van der Waals surface area contributed by atoms with Gasteiger partial charge in [0.15, 0.2) is 5.79 Å². The molecule has 1 N–H and O–H groups in total. The van der Waals surface area contributed by atoms with Gasteiger partial charge in [-0.15, -0.1) is 11.3 Å². The lowest BCUT2D eigenvalue weighted by Gasteiger charge is -2.39. The second-order valence-electron chi connectivity index (χ2n) is 6.60. The first kappa shape index (κ1) is 16.7. The highest BCUT2D eigenvalue weighted by molar-refractivity contribution is 7.10. The number of hydrogen-bond donors (Lipinski definition) is 1. The van der Waals surface area contributed by atoms with E-state index in [1.54, 1.807) is 11.3 Å². The van der Waals surface area contributed by atoms with E-state index in [0.29, 0.717) is 32.2 Å². The van der Waals surface area contributed by atoms with E-state index in [1.165, 1.54) is 4.88 Å². The molecule has 0 saturated carbocycles. The van der Waals surface area contributed by atoms with Crippen LogP contribution in [0, 0.1) is 5.92 Å². The lowest BCUT2D eigenvalue weighted by Crippen LogP contribution is -2.51. The van der Waals surface area contributed by atoms with Gasteiger partial charge in [-0.3, -0.25) is 0 Å². The highest BCUT2D eigenvalue weighted by atomic mass is 32.1. The van der Waals surface area contributed by atoms with Crippen LogP contribution in [0.4, 0.5) is 4.79 Å². The zero-order valence-corrected chi connectivity index (χ0v) is 14.7. The van der Waals surface area contributed by atoms with Crippen molar-refractivity contribution >= 4 is 17.4 Å². The fourth-order valence-electron chi connectivity index (χ4n) is 3.38. The van der Waals surface area contributed by atoms with Crippen molar-refractivity contribution in [3.8, 4) is 0 Å². The Morgan fingerprint density at radius 1 is 1.52 bits per heavy atom. The van der Waals surface area contributed by atoms with Gasteiger partial charge in [0, 0.05) is 36.3 Å². The summed E-state index contributed by atoms with van der Waals surface area (Å²) in [7, 11) is 0. The summed E-state index contributed by atoms with van der Waals surface area (Å²) >= 11 is 1.74. The molecule has 2 aliphatic heterocycles. The molecule has 0 radical (unpaired) electrons. The van der Waals surface area contributed by atoms with Gasteiger partial charge in [-0.1, -0.05) is 13.0 Å². The smallest absolute Gasteiger partial charge is 0.317 e. The van der Waals surface area contributed by atoms with E-state index in [1.807, 2.05) is 11.8 Å². The molecule has 0 bridgehead atoms. The van der Waals surface area contributed by atoms with Gasteiger partial charge in [-0.25, -0.2) is 4.79 Å². The van der Waals surface area contributed by atoms with Gasteiger partial charge in [-0.05, 0) is 31.2 Å². The van der Waals surface area contributed by atoms with Crippen LogP contribution in [0.25, 0.3) is 0 Å². The van der Waals surface area contributed by atoms with Crippen LogP contribution in [0.15, 0.2) is 17.5 Å². The fraction of sp³-hybridized carbons (Fsp3) is 0.706. The van der Waals surface area contributed by atoms with Crippen molar-refractivity contribution in [1.29, 1.82) is 0 Å². The fourth-order valence-corrected chi connectivity index (χ4v) is 4.17. The SMILES string of the molecule is C[C@@H](CNC(=O)N1CCC[C@H](C2(C)OCCO2)C1)c1cccs1. The first-order valence-corrected chi connectivity index (χ1v) is 9.30. The predicted molar refractivity (Wildman–Crippen MR) is 90.7 cm³/mol. The Balaban J connectivity index is 1.51. The van der Waals surface area contributed by atoms with Crippen molar-refractivity contribution in [1.82, 2.24) is 10.2 Å². The minimum absolute atomic E-state index is 0.0275. The Labute approximate surface area is 142 Å². The molecule has 2 fully saturated rings. The zero-order valence-electron chi connectivity index (χ0n) is 13.9. The van der Waals surface area contributed by atoms with Crippen LogP contribution in [0.3, 0.4) is 0 Å². The molecule has 6 heteroatoms. The van der Waals surface area contributed by atoms with E-state index in [-0.39, 0.29) is 11.9 Å². The van der Waals surface area contributed by atoms with Crippen molar-refractivity contribution in [2.75, 3.05) is 32.8 Å². The minimum atomic E-state index is -0.525. The molecule has 23 heavy (non-hydrogen) atoms. The van der Waals surface area contributed by atoms with Crippen molar-refractivity contribution < 1.29 is 14.3 Å². The maximum Gasteiger partial charge on any atom is 0.317 e. The summed E-state index contributed by atoms with van der Waals surface area (Å²) < 4.78 is 11.6. The summed E-state index contributed by atoms with van der Waals surface area (Å²) in [6.45, 7) is 7.64. The Morgan fingerprint density at radius 2 is 2.30 bits per heavy atom. The van der Waals surface area contributed by atoms with Gasteiger partial charge in [0.05, 0.1) is 13.2 Å². The summed E-state index contributed by atoms with van der Waals surface area (Å²) in [6.07, 6.45) is 2.05. The topological polar surface area (TPSA) is 50.8 Å². The summed E-state index contributed by atoms with van der Waals surface area (Å²) in [5.41, 5.74) is 0. The normalized spacial score (nSPS) is 25.3. The van der Waals surface area contributed by atoms with Crippen molar-refractivity contribution in [2.45, 2.75) is 38.4 Å². The summed E-state index contributed by atoms with van der Waals surface area (Å²) in [5, 5.41) is 5.15. The van der Waals surface area contributed by atoms with Gasteiger partial charge in [-0.2, -0.15) is 0 Å². The van der Waals surface area contributed by atoms with E-state index in [0.717, 1.165) is 19.4 Å². The molecule has 2 saturated heterocycles. The van der Waals surface area contributed by atoms with Gasteiger partial charge in [0.25, 0.3) is 0 Å². The molecule has 2 amide bonds. The molecule has 0 unspecified atom stereocenters. The molecule has 0 aliphatic carbocycles. The molecular weight excluding hydrogens is 312 g/mol. The Bertz CT molecular complexity index is 514. The largest absolute Gasteiger partial charge is 0.347 e. The van der Waals surface area contributed by atoms with E-state index in [4.69, 9.17) is 9.47 Å². The Hall–Kier alpha value is -1.11. The Morgan fingerprint density at radius 3 is 3.00 bits per heavy atom. The van der Waals surface area contributed by atoms with E-state index < -0.39 is 5.79 Å². The third kappa shape index (κ3) is 3.87. The first-order chi connectivity index (χ1) is 11.1. The number of ether oxygens (including phenoxy) is 2. The van der Waals surface area contributed by atoms with Crippen LogP contribution in [0.2, 0.25) is 0 Å². The van der Waals surface area contributed by atoms with Crippen LogP contribution >= 0.6 is 11.3 Å². The maximum absolute atomic E-state index is 12.5. The van der Waals surface area contributed by atoms with Crippen LogP contribution in [0.5, 0.6) is 0 Å². The standard InChI is InChI=1S/C17H26N2O3S/c1-13(15-6-4-10-23-15)11-18-16(20)19-7-3-5-14(12-19)17(2)21-8-9-22-17/h4,6,10,13-14H,3,5,7-9,11-12H2,1-2H3,(H,18,20)/t13-,14-/m0/s1. The molecule has 2 aliphatic rings. The summed E-state index contributed by atoms with van der Waals surface area (Å²) in [4.78, 5) is 15.7. The number of urea groups is 1. The van der Waals surface area contributed by atoms with Gasteiger partial charge in [0.1, 0.15) is 0 Å². The molecule has 0 aromatic carbocycles. The number of hydrogen-bond acceptors (Lipinski definition) is 4. The average Bonchev–Trinajstić information content (AvgIpc) is 3.25. The monoisotopic (exact) mass is 338 g/mol. The second kappa shape index (κ2) is 7.20. The van der Waals surface area contributed by atoms with Gasteiger partial charge in [0.2, 0.25) is 0 Å². The number of nitrogens with one attached hydrogen (secondary N) is 1. The Kier molecular flexibility index (Phi) is 5.24. The van der Waals surface area contributed by atoms with E-state index in [2.05, 4.69) is 29.8 Å². The molecule has 128 valence electrons. The van der Waals surface area contributed by atoms with Crippen molar-refractivity contribution in [3.63, 3.8) is 0 Å².